The Labute approximate surface area is 68.8 Å². The molecule has 0 atom stereocenters. The zero-order valence-corrected chi connectivity index (χ0v) is 6.62. The summed E-state index contributed by atoms with van der Waals surface area (Å²) in [5.74, 6) is -1.38. The summed E-state index contributed by atoms with van der Waals surface area (Å²) in [6.07, 6.45) is 0. The highest BCUT2D eigenvalue weighted by molar-refractivity contribution is 6.44. The lowest BCUT2D eigenvalue weighted by Crippen LogP contribution is -2.26. The van der Waals surface area contributed by atoms with Gasteiger partial charge in [-0.25, -0.2) is 4.79 Å². The molecule has 0 saturated heterocycles. The molecular formula is C6H7N3O3. The third-order valence-corrected chi connectivity index (χ3v) is 0.814. The van der Waals surface area contributed by atoms with E-state index in [1.165, 1.54) is 13.1 Å². The molecule has 12 heavy (non-hydrogen) atoms. The van der Waals surface area contributed by atoms with E-state index in [4.69, 9.17) is 5.26 Å². The van der Waals surface area contributed by atoms with Gasteiger partial charge in [-0.2, -0.15) is 5.26 Å². The van der Waals surface area contributed by atoms with Gasteiger partial charge in [-0.1, -0.05) is 5.16 Å². The molecule has 0 bridgehead atoms. The maximum absolute atomic E-state index is 10.7. The highest BCUT2D eigenvalue weighted by Gasteiger charge is 2.08. The van der Waals surface area contributed by atoms with E-state index in [2.05, 4.69) is 15.3 Å². The first-order valence-corrected chi connectivity index (χ1v) is 2.99. The molecule has 0 aliphatic rings. The Kier molecular flexibility index (Phi) is 4.08. The molecule has 0 radical (unpaired) electrons. The van der Waals surface area contributed by atoms with Crippen LogP contribution in [0.4, 0.5) is 0 Å². The van der Waals surface area contributed by atoms with Gasteiger partial charge in [0.1, 0.15) is 6.07 Å². The van der Waals surface area contributed by atoms with Crippen LogP contribution in [-0.4, -0.2) is 24.6 Å². The Bertz CT molecular complexity index is 264. The van der Waals surface area contributed by atoms with E-state index in [1.54, 1.807) is 0 Å². The number of carbonyl (C=O) groups is 2. The average molecular weight is 169 g/mol. The van der Waals surface area contributed by atoms with Gasteiger partial charge in [0.05, 0.1) is 0 Å². The molecule has 0 unspecified atom stereocenters. The number of hydrogen-bond donors (Lipinski definition) is 1. The van der Waals surface area contributed by atoms with Crippen molar-refractivity contribution in [3.63, 3.8) is 0 Å². The number of oxime groups is 1. The zero-order chi connectivity index (χ0) is 9.56. The van der Waals surface area contributed by atoms with Gasteiger partial charge >= 0.3 is 5.97 Å². The number of carbonyl (C=O) groups excluding carboxylic acids is 2. The van der Waals surface area contributed by atoms with Crippen molar-refractivity contribution in [1.82, 2.24) is 5.32 Å². The van der Waals surface area contributed by atoms with Crippen LogP contribution < -0.4 is 5.32 Å². The van der Waals surface area contributed by atoms with Gasteiger partial charge in [-0.15, -0.1) is 0 Å². The van der Waals surface area contributed by atoms with Crippen molar-refractivity contribution in [3.05, 3.63) is 0 Å². The monoisotopic (exact) mass is 169 g/mol. The summed E-state index contributed by atoms with van der Waals surface area (Å²) < 4.78 is 0. The number of nitrogens with one attached hydrogen (secondary N) is 1. The predicted molar refractivity (Wildman–Crippen MR) is 38.9 cm³/mol. The Hall–Kier alpha value is -1.90. The largest absolute Gasteiger partial charge is 0.353 e. The lowest BCUT2D eigenvalue weighted by atomic mass is 10.4. The van der Waals surface area contributed by atoms with Crippen LogP contribution in [-0.2, 0) is 14.4 Å². The molecule has 0 fully saturated rings. The Morgan fingerprint density at radius 3 is 2.50 bits per heavy atom. The van der Waals surface area contributed by atoms with Gasteiger partial charge in [0.25, 0.3) is 5.91 Å². The van der Waals surface area contributed by atoms with E-state index >= 15 is 0 Å². The summed E-state index contributed by atoms with van der Waals surface area (Å²) in [5.41, 5.74) is -0.493. The number of amides is 1. The van der Waals surface area contributed by atoms with E-state index in [-0.39, 0.29) is 0 Å². The Morgan fingerprint density at radius 1 is 1.58 bits per heavy atom. The lowest BCUT2D eigenvalue weighted by Gasteiger charge is -1.93. The SMILES string of the molecule is CNC(=O)/C(C#N)=N\OC(C)=O. The van der Waals surface area contributed by atoms with Crippen LogP contribution in [0.1, 0.15) is 6.92 Å². The predicted octanol–water partition coefficient (Wildman–Crippen LogP) is -0.825. The van der Waals surface area contributed by atoms with Crippen molar-refractivity contribution in [2.75, 3.05) is 7.05 Å². The molecule has 6 nitrogen and oxygen atoms in total. The van der Waals surface area contributed by atoms with Crippen LogP contribution in [0.15, 0.2) is 5.16 Å². The summed E-state index contributed by atoms with van der Waals surface area (Å²) in [7, 11) is 1.34. The molecule has 0 aromatic carbocycles. The fraction of sp³-hybridized carbons (Fsp3) is 0.333. The minimum absolute atomic E-state index is 0.493. The number of rotatable bonds is 2. The van der Waals surface area contributed by atoms with Crippen LogP contribution in [0.2, 0.25) is 0 Å². The first-order valence-electron chi connectivity index (χ1n) is 2.99. The maximum atomic E-state index is 10.7. The zero-order valence-electron chi connectivity index (χ0n) is 6.62. The molecule has 0 aromatic heterocycles. The van der Waals surface area contributed by atoms with Crippen molar-refractivity contribution < 1.29 is 14.4 Å². The fourth-order valence-corrected chi connectivity index (χ4v) is 0.341. The highest BCUT2D eigenvalue weighted by atomic mass is 16.7. The second kappa shape index (κ2) is 4.85. The quantitative estimate of drug-likeness (QED) is 0.332. The molecule has 6 heteroatoms. The van der Waals surface area contributed by atoms with Crippen molar-refractivity contribution >= 4 is 17.6 Å². The van der Waals surface area contributed by atoms with Crippen LogP contribution in [0.25, 0.3) is 0 Å². The van der Waals surface area contributed by atoms with Crippen LogP contribution >= 0.6 is 0 Å². The van der Waals surface area contributed by atoms with Gasteiger partial charge in [0, 0.05) is 14.0 Å². The molecule has 1 N–H and O–H groups in total. The van der Waals surface area contributed by atoms with Crippen LogP contribution in [0.3, 0.4) is 0 Å². The molecule has 0 aliphatic heterocycles. The van der Waals surface area contributed by atoms with E-state index < -0.39 is 17.6 Å². The van der Waals surface area contributed by atoms with Gasteiger partial charge in [-0.05, 0) is 0 Å². The number of nitrogens with zero attached hydrogens (tertiary/aromatic N) is 2. The van der Waals surface area contributed by atoms with E-state index in [0.717, 1.165) is 6.92 Å². The van der Waals surface area contributed by atoms with E-state index in [1.807, 2.05) is 0 Å². The first kappa shape index (κ1) is 10.1. The van der Waals surface area contributed by atoms with Crippen molar-refractivity contribution in [2.45, 2.75) is 6.92 Å². The average Bonchev–Trinajstić information content (AvgIpc) is 2.04. The van der Waals surface area contributed by atoms with E-state index in [9.17, 15) is 9.59 Å². The maximum Gasteiger partial charge on any atom is 0.332 e. The Balaban J connectivity index is 4.36. The first-order chi connectivity index (χ1) is 5.61. The van der Waals surface area contributed by atoms with Crippen LogP contribution in [0.5, 0.6) is 0 Å². The number of hydrogen-bond acceptors (Lipinski definition) is 5. The Morgan fingerprint density at radius 2 is 2.17 bits per heavy atom. The van der Waals surface area contributed by atoms with Crippen molar-refractivity contribution in [1.29, 1.82) is 5.26 Å². The highest BCUT2D eigenvalue weighted by Crippen LogP contribution is 1.82. The summed E-state index contributed by atoms with van der Waals surface area (Å²) in [4.78, 5) is 25.0. The normalized spacial score (nSPS) is 9.92. The molecule has 64 valence electrons. The van der Waals surface area contributed by atoms with Crippen molar-refractivity contribution in [3.8, 4) is 6.07 Å². The van der Waals surface area contributed by atoms with E-state index in [0.29, 0.717) is 0 Å². The molecule has 0 spiro atoms. The second-order valence-corrected chi connectivity index (χ2v) is 1.71. The minimum Gasteiger partial charge on any atom is -0.353 e. The summed E-state index contributed by atoms with van der Waals surface area (Å²) in [6.45, 7) is 1.11. The standard InChI is InChI=1S/C6H7N3O3/c1-4(10)12-9-5(3-7)6(11)8-2/h1-2H3,(H,8,11)/b9-5-. The van der Waals surface area contributed by atoms with Crippen molar-refractivity contribution in [2.24, 2.45) is 5.16 Å². The molecular weight excluding hydrogens is 162 g/mol. The number of nitriles is 1. The fourth-order valence-electron chi connectivity index (χ4n) is 0.341. The summed E-state index contributed by atoms with van der Waals surface area (Å²) in [5, 5.41) is 13.5. The molecule has 1 amide bonds. The smallest absolute Gasteiger partial charge is 0.332 e. The molecule has 0 rings (SSSR count). The minimum atomic E-state index is -0.696. The molecule has 0 heterocycles. The summed E-state index contributed by atoms with van der Waals surface area (Å²) in [6, 6.07) is 1.47. The third-order valence-electron chi connectivity index (χ3n) is 0.814. The van der Waals surface area contributed by atoms with Gasteiger partial charge in [-0.3, -0.25) is 4.79 Å². The second-order valence-electron chi connectivity index (χ2n) is 1.71. The molecule has 0 aliphatic carbocycles. The molecule has 0 aromatic rings. The van der Waals surface area contributed by atoms with Crippen LogP contribution in [0, 0.1) is 11.3 Å². The molecule has 0 saturated carbocycles. The topological polar surface area (TPSA) is 91.6 Å². The third kappa shape index (κ3) is 3.31. The summed E-state index contributed by atoms with van der Waals surface area (Å²) >= 11 is 0. The van der Waals surface area contributed by atoms with Gasteiger partial charge < -0.3 is 10.2 Å². The lowest BCUT2D eigenvalue weighted by molar-refractivity contribution is -0.140. The van der Waals surface area contributed by atoms with Gasteiger partial charge in [0.2, 0.25) is 5.71 Å². The van der Waals surface area contributed by atoms with Gasteiger partial charge in [0.15, 0.2) is 0 Å².